The standard InChI is InChI=1S/C16H22N4O3S/c21-14(17-6-11-2-1-5-23-11)7-20-15(18-16(22)10-3-4-10)12-8-24-9-13(12)19-20/h10-11H,1-9H2,(H,17,21)(H,18,22)/t11-/m0/s1. The van der Waals surface area contributed by atoms with Crippen molar-refractivity contribution in [3.05, 3.63) is 11.3 Å². The summed E-state index contributed by atoms with van der Waals surface area (Å²) in [6.07, 6.45) is 4.09. The van der Waals surface area contributed by atoms with Gasteiger partial charge in [0.25, 0.3) is 0 Å². The van der Waals surface area contributed by atoms with Crippen LogP contribution >= 0.6 is 11.8 Å². The third-order valence-electron chi connectivity index (χ3n) is 4.65. The number of anilines is 1. The van der Waals surface area contributed by atoms with Crippen molar-refractivity contribution < 1.29 is 14.3 Å². The van der Waals surface area contributed by atoms with Gasteiger partial charge in [0.1, 0.15) is 12.4 Å². The number of carbonyl (C=O) groups excluding carboxylic acids is 2. The Morgan fingerprint density at radius 1 is 1.29 bits per heavy atom. The summed E-state index contributed by atoms with van der Waals surface area (Å²) in [5.41, 5.74) is 2.05. The van der Waals surface area contributed by atoms with Gasteiger partial charge in [0.15, 0.2) is 0 Å². The van der Waals surface area contributed by atoms with Gasteiger partial charge in [0.2, 0.25) is 11.8 Å². The molecule has 1 aromatic rings. The zero-order chi connectivity index (χ0) is 16.5. The topological polar surface area (TPSA) is 85.2 Å². The quantitative estimate of drug-likeness (QED) is 0.807. The molecule has 1 aromatic heterocycles. The van der Waals surface area contributed by atoms with Gasteiger partial charge in [-0.15, -0.1) is 0 Å². The second kappa shape index (κ2) is 6.76. The minimum absolute atomic E-state index is 0.0515. The van der Waals surface area contributed by atoms with Gasteiger partial charge in [-0.05, 0) is 25.7 Å². The highest BCUT2D eigenvalue weighted by atomic mass is 32.2. The van der Waals surface area contributed by atoms with Crippen LogP contribution in [0.4, 0.5) is 5.82 Å². The number of carbonyl (C=O) groups is 2. The lowest BCUT2D eigenvalue weighted by Gasteiger charge is -2.13. The first-order chi connectivity index (χ1) is 11.7. The molecule has 24 heavy (non-hydrogen) atoms. The van der Waals surface area contributed by atoms with Crippen LogP contribution in [-0.4, -0.2) is 40.9 Å². The van der Waals surface area contributed by atoms with Crippen molar-refractivity contribution in [1.29, 1.82) is 0 Å². The number of hydrogen-bond donors (Lipinski definition) is 2. The largest absolute Gasteiger partial charge is 0.376 e. The molecule has 8 heteroatoms. The number of rotatable bonds is 6. The highest BCUT2D eigenvalue weighted by Crippen LogP contribution is 2.36. The lowest BCUT2D eigenvalue weighted by Crippen LogP contribution is -2.34. The predicted molar refractivity (Wildman–Crippen MR) is 90.6 cm³/mol. The molecule has 130 valence electrons. The predicted octanol–water partition coefficient (Wildman–Crippen LogP) is 1.27. The fourth-order valence-corrected chi connectivity index (χ4v) is 4.14. The van der Waals surface area contributed by atoms with Gasteiger partial charge in [-0.25, -0.2) is 4.68 Å². The summed E-state index contributed by atoms with van der Waals surface area (Å²) >= 11 is 1.79. The fraction of sp³-hybridized carbons (Fsp3) is 0.688. The van der Waals surface area contributed by atoms with Gasteiger partial charge in [-0.1, -0.05) is 0 Å². The molecule has 0 radical (unpaired) electrons. The Hall–Kier alpha value is -1.54. The van der Waals surface area contributed by atoms with Crippen molar-refractivity contribution >= 4 is 29.4 Å². The van der Waals surface area contributed by atoms with Crippen molar-refractivity contribution in [2.24, 2.45) is 5.92 Å². The Morgan fingerprint density at radius 3 is 2.92 bits per heavy atom. The summed E-state index contributed by atoms with van der Waals surface area (Å²) in [5.74, 6) is 2.47. The number of thioether (sulfide) groups is 1. The normalized spacial score (nSPS) is 22.4. The summed E-state index contributed by atoms with van der Waals surface area (Å²) in [6.45, 7) is 1.45. The molecule has 1 saturated heterocycles. The number of nitrogens with one attached hydrogen (secondary N) is 2. The monoisotopic (exact) mass is 350 g/mol. The Morgan fingerprint density at radius 2 is 2.17 bits per heavy atom. The first-order valence-corrected chi connectivity index (χ1v) is 9.71. The summed E-state index contributed by atoms with van der Waals surface area (Å²) in [7, 11) is 0. The highest BCUT2D eigenvalue weighted by molar-refractivity contribution is 7.98. The van der Waals surface area contributed by atoms with E-state index in [2.05, 4.69) is 15.7 Å². The summed E-state index contributed by atoms with van der Waals surface area (Å²) < 4.78 is 7.16. The minimum atomic E-state index is -0.0961. The molecule has 0 unspecified atom stereocenters. The molecule has 0 aromatic carbocycles. The van der Waals surface area contributed by atoms with Crippen LogP contribution in [0, 0.1) is 5.92 Å². The van der Waals surface area contributed by atoms with Gasteiger partial charge in [-0.3, -0.25) is 9.59 Å². The van der Waals surface area contributed by atoms with Crippen LogP contribution in [0.1, 0.15) is 36.9 Å². The van der Waals surface area contributed by atoms with E-state index in [-0.39, 0.29) is 30.4 Å². The van der Waals surface area contributed by atoms with Gasteiger partial charge in [0, 0.05) is 36.1 Å². The molecular formula is C16H22N4O3S. The minimum Gasteiger partial charge on any atom is -0.376 e. The van der Waals surface area contributed by atoms with Crippen molar-refractivity contribution in [3.63, 3.8) is 0 Å². The van der Waals surface area contributed by atoms with Gasteiger partial charge in [-0.2, -0.15) is 16.9 Å². The average molecular weight is 350 g/mol. The molecule has 3 heterocycles. The van der Waals surface area contributed by atoms with Crippen molar-refractivity contribution in [1.82, 2.24) is 15.1 Å². The molecule has 1 saturated carbocycles. The van der Waals surface area contributed by atoms with E-state index < -0.39 is 0 Å². The summed E-state index contributed by atoms with van der Waals surface area (Å²) in [6, 6.07) is 0. The zero-order valence-corrected chi connectivity index (χ0v) is 14.4. The van der Waals surface area contributed by atoms with Gasteiger partial charge < -0.3 is 15.4 Å². The molecule has 7 nitrogen and oxygen atoms in total. The Bertz CT molecular complexity index is 650. The third-order valence-corrected chi connectivity index (χ3v) is 5.62. The molecule has 0 spiro atoms. The Balaban J connectivity index is 1.41. The van der Waals surface area contributed by atoms with E-state index >= 15 is 0 Å². The first-order valence-electron chi connectivity index (χ1n) is 8.56. The fourth-order valence-electron chi connectivity index (χ4n) is 3.11. The molecule has 1 aliphatic carbocycles. The van der Waals surface area contributed by atoms with E-state index in [1.807, 2.05) is 0 Å². The molecule has 2 aliphatic heterocycles. The molecule has 1 atom stereocenters. The van der Waals surface area contributed by atoms with E-state index in [9.17, 15) is 9.59 Å². The molecule has 2 amide bonds. The van der Waals surface area contributed by atoms with E-state index in [0.717, 1.165) is 55.1 Å². The van der Waals surface area contributed by atoms with Crippen LogP contribution in [-0.2, 0) is 32.4 Å². The van der Waals surface area contributed by atoms with Gasteiger partial charge in [0.05, 0.1) is 11.8 Å². The number of aromatic nitrogens is 2. The Kier molecular flexibility index (Phi) is 4.49. The van der Waals surface area contributed by atoms with Crippen molar-refractivity contribution in [2.75, 3.05) is 18.5 Å². The van der Waals surface area contributed by atoms with E-state index in [1.54, 1.807) is 16.4 Å². The van der Waals surface area contributed by atoms with Crippen molar-refractivity contribution in [2.45, 2.75) is 49.8 Å². The molecule has 2 N–H and O–H groups in total. The first kappa shape index (κ1) is 16.0. The van der Waals surface area contributed by atoms with Crippen LogP contribution in [0.3, 0.4) is 0 Å². The van der Waals surface area contributed by atoms with Crippen LogP contribution in [0.2, 0.25) is 0 Å². The van der Waals surface area contributed by atoms with Crippen LogP contribution < -0.4 is 10.6 Å². The molecule has 3 aliphatic rings. The second-order valence-corrected chi connectivity index (χ2v) is 7.61. The third kappa shape index (κ3) is 3.44. The van der Waals surface area contributed by atoms with Crippen LogP contribution in [0.15, 0.2) is 0 Å². The zero-order valence-electron chi connectivity index (χ0n) is 13.5. The van der Waals surface area contributed by atoms with Crippen LogP contribution in [0.5, 0.6) is 0 Å². The maximum Gasteiger partial charge on any atom is 0.241 e. The number of hydrogen-bond acceptors (Lipinski definition) is 5. The molecule has 4 rings (SSSR count). The molecular weight excluding hydrogens is 328 g/mol. The van der Waals surface area contributed by atoms with Crippen LogP contribution in [0.25, 0.3) is 0 Å². The van der Waals surface area contributed by atoms with E-state index in [0.29, 0.717) is 12.4 Å². The molecule has 2 fully saturated rings. The lowest BCUT2D eigenvalue weighted by molar-refractivity contribution is -0.122. The lowest BCUT2D eigenvalue weighted by atomic mass is 10.2. The van der Waals surface area contributed by atoms with E-state index in [4.69, 9.17) is 4.74 Å². The second-order valence-electron chi connectivity index (χ2n) is 6.63. The summed E-state index contributed by atoms with van der Waals surface area (Å²) in [4.78, 5) is 24.4. The molecule has 0 bridgehead atoms. The smallest absolute Gasteiger partial charge is 0.241 e. The number of nitrogens with zero attached hydrogens (tertiary/aromatic N) is 2. The van der Waals surface area contributed by atoms with E-state index in [1.165, 1.54) is 0 Å². The SMILES string of the molecule is O=C(Cn1nc2c(c1NC(=O)C1CC1)CSC2)NC[C@@H]1CCCO1. The Labute approximate surface area is 144 Å². The maximum atomic E-state index is 12.2. The highest BCUT2D eigenvalue weighted by Gasteiger charge is 2.32. The number of ether oxygens (including phenoxy) is 1. The summed E-state index contributed by atoms with van der Waals surface area (Å²) in [5, 5.41) is 10.4. The van der Waals surface area contributed by atoms with Crippen molar-refractivity contribution in [3.8, 4) is 0 Å². The number of amides is 2. The maximum absolute atomic E-state index is 12.2. The average Bonchev–Trinajstić information content (AvgIpc) is 2.97. The van der Waals surface area contributed by atoms with Gasteiger partial charge >= 0.3 is 0 Å². The number of fused-ring (bicyclic) bond motifs is 1.